The summed E-state index contributed by atoms with van der Waals surface area (Å²) in [4.78, 5) is 2.16. The van der Waals surface area contributed by atoms with Crippen molar-refractivity contribution in [2.75, 3.05) is 24.6 Å². The van der Waals surface area contributed by atoms with Gasteiger partial charge in [0.05, 0.1) is 13.2 Å². The molecule has 0 radical (unpaired) electrons. The second kappa shape index (κ2) is 3.98. The van der Waals surface area contributed by atoms with Crippen molar-refractivity contribution in [3.63, 3.8) is 0 Å². The van der Waals surface area contributed by atoms with E-state index in [1.54, 1.807) is 0 Å². The molecule has 0 saturated heterocycles. The Balaban J connectivity index is 2.27. The second-order valence-corrected chi connectivity index (χ2v) is 3.58. The summed E-state index contributed by atoms with van der Waals surface area (Å²) >= 11 is 0. The van der Waals surface area contributed by atoms with Crippen LogP contribution in [0.3, 0.4) is 0 Å². The molecule has 0 spiro atoms. The minimum Gasteiger partial charge on any atom is -0.395 e. The van der Waals surface area contributed by atoms with E-state index in [1.165, 1.54) is 11.3 Å². The van der Waals surface area contributed by atoms with Crippen LogP contribution in [-0.4, -0.2) is 29.9 Å². The van der Waals surface area contributed by atoms with Crippen LogP contribution >= 0.6 is 0 Å². The Labute approximate surface area is 83.6 Å². The molecule has 1 aliphatic heterocycles. The van der Waals surface area contributed by atoms with Crippen LogP contribution in [0.4, 0.5) is 5.69 Å². The molecule has 0 bridgehead atoms. The Morgan fingerprint density at radius 1 is 1.29 bits per heavy atom. The molecule has 2 N–H and O–H groups in total. The van der Waals surface area contributed by atoms with E-state index in [0.717, 1.165) is 18.5 Å². The van der Waals surface area contributed by atoms with Crippen molar-refractivity contribution in [3.8, 4) is 0 Å². The summed E-state index contributed by atoms with van der Waals surface area (Å²) in [6.07, 6.45) is 1.04. The van der Waals surface area contributed by atoms with Gasteiger partial charge in [-0.25, -0.2) is 0 Å². The Morgan fingerprint density at radius 2 is 2.14 bits per heavy atom. The molecule has 0 saturated carbocycles. The van der Waals surface area contributed by atoms with Gasteiger partial charge in [-0.15, -0.1) is 0 Å². The van der Waals surface area contributed by atoms with Crippen LogP contribution in [0, 0.1) is 0 Å². The van der Waals surface area contributed by atoms with E-state index in [2.05, 4.69) is 11.0 Å². The summed E-state index contributed by atoms with van der Waals surface area (Å²) < 4.78 is 0. The highest BCUT2D eigenvalue weighted by atomic mass is 16.3. The first-order valence-corrected chi connectivity index (χ1v) is 4.93. The third-order valence-corrected chi connectivity index (χ3v) is 2.69. The van der Waals surface area contributed by atoms with Gasteiger partial charge in [0, 0.05) is 18.8 Å². The van der Waals surface area contributed by atoms with E-state index in [-0.39, 0.29) is 13.2 Å². The van der Waals surface area contributed by atoms with Gasteiger partial charge >= 0.3 is 0 Å². The molecule has 0 unspecified atom stereocenters. The molecule has 0 aliphatic carbocycles. The van der Waals surface area contributed by atoms with Crippen molar-refractivity contribution in [1.82, 2.24) is 0 Å². The van der Waals surface area contributed by atoms with Crippen LogP contribution in [0.15, 0.2) is 18.2 Å². The van der Waals surface area contributed by atoms with Crippen molar-refractivity contribution in [2.24, 2.45) is 0 Å². The van der Waals surface area contributed by atoms with Gasteiger partial charge in [-0.3, -0.25) is 0 Å². The summed E-state index contributed by atoms with van der Waals surface area (Å²) in [7, 11) is 0. The first-order chi connectivity index (χ1) is 6.85. The number of anilines is 1. The molecule has 0 aromatic heterocycles. The number of β-amino-alcohol motifs (C(OH)–C–C–N with tert-alkyl or cyclic N) is 1. The van der Waals surface area contributed by atoms with Gasteiger partial charge in [0.1, 0.15) is 0 Å². The Bertz CT molecular complexity index is 323. The molecular weight excluding hydrogens is 178 g/mol. The van der Waals surface area contributed by atoms with Crippen molar-refractivity contribution in [3.05, 3.63) is 29.3 Å². The summed E-state index contributed by atoms with van der Waals surface area (Å²) in [6, 6.07) is 6.04. The van der Waals surface area contributed by atoms with E-state index in [9.17, 15) is 0 Å². The quantitative estimate of drug-likeness (QED) is 0.736. The average Bonchev–Trinajstić information content (AvgIpc) is 2.61. The topological polar surface area (TPSA) is 43.7 Å². The van der Waals surface area contributed by atoms with Crippen molar-refractivity contribution in [2.45, 2.75) is 13.0 Å². The smallest absolute Gasteiger partial charge is 0.0682 e. The van der Waals surface area contributed by atoms with Crippen LogP contribution in [0.5, 0.6) is 0 Å². The molecule has 3 nitrogen and oxygen atoms in total. The van der Waals surface area contributed by atoms with E-state index in [4.69, 9.17) is 10.2 Å². The second-order valence-electron chi connectivity index (χ2n) is 3.58. The Hall–Kier alpha value is -1.06. The highest BCUT2D eigenvalue weighted by molar-refractivity contribution is 5.59. The zero-order valence-electron chi connectivity index (χ0n) is 8.11. The summed E-state index contributed by atoms with van der Waals surface area (Å²) in [5, 5.41) is 17.9. The van der Waals surface area contributed by atoms with Crippen LogP contribution in [0.2, 0.25) is 0 Å². The lowest BCUT2D eigenvalue weighted by atomic mass is 10.1. The first kappa shape index (κ1) is 9.49. The average molecular weight is 193 g/mol. The van der Waals surface area contributed by atoms with Gasteiger partial charge in [0.15, 0.2) is 0 Å². The van der Waals surface area contributed by atoms with Crippen LogP contribution in [0.25, 0.3) is 0 Å². The number of hydrogen-bond acceptors (Lipinski definition) is 3. The predicted octanol–water partition coefficient (Wildman–Crippen LogP) is 0.534. The Morgan fingerprint density at radius 3 is 2.86 bits per heavy atom. The predicted molar refractivity (Wildman–Crippen MR) is 55.4 cm³/mol. The maximum absolute atomic E-state index is 9.02. The summed E-state index contributed by atoms with van der Waals surface area (Å²) in [6.45, 7) is 1.93. The molecule has 1 aliphatic rings. The number of rotatable bonds is 3. The molecule has 0 amide bonds. The molecule has 1 aromatic carbocycles. The molecule has 3 heteroatoms. The summed E-state index contributed by atoms with van der Waals surface area (Å²) in [5.74, 6) is 0. The van der Waals surface area contributed by atoms with E-state index in [0.29, 0.717) is 6.54 Å². The fourth-order valence-corrected chi connectivity index (χ4v) is 1.94. The molecule has 2 rings (SSSR count). The van der Waals surface area contributed by atoms with Gasteiger partial charge < -0.3 is 15.1 Å². The number of aliphatic hydroxyl groups is 2. The largest absolute Gasteiger partial charge is 0.395 e. The third kappa shape index (κ3) is 1.61. The normalized spacial score (nSPS) is 14.6. The fraction of sp³-hybridized carbons (Fsp3) is 0.455. The number of hydrogen-bond donors (Lipinski definition) is 2. The number of nitrogens with zero attached hydrogens (tertiary/aromatic N) is 1. The lowest BCUT2D eigenvalue weighted by Gasteiger charge is -2.18. The van der Waals surface area contributed by atoms with E-state index < -0.39 is 0 Å². The molecule has 1 aromatic rings. The molecule has 1 heterocycles. The van der Waals surface area contributed by atoms with Crippen molar-refractivity contribution in [1.29, 1.82) is 0 Å². The van der Waals surface area contributed by atoms with Crippen molar-refractivity contribution >= 4 is 5.69 Å². The van der Waals surface area contributed by atoms with E-state index >= 15 is 0 Å². The highest BCUT2D eigenvalue weighted by Crippen LogP contribution is 2.28. The molecule has 0 fully saturated rings. The number of benzene rings is 1. The van der Waals surface area contributed by atoms with Gasteiger partial charge in [0.2, 0.25) is 0 Å². The molecule has 14 heavy (non-hydrogen) atoms. The molecule has 76 valence electrons. The molecule has 0 atom stereocenters. The maximum atomic E-state index is 9.02. The number of fused-ring (bicyclic) bond motifs is 1. The van der Waals surface area contributed by atoms with Crippen LogP contribution < -0.4 is 4.90 Å². The van der Waals surface area contributed by atoms with Crippen molar-refractivity contribution < 1.29 is 10.2 Å². The highest BCUT2D eigenvalue weighted by Gasteiger charge is 2.18. The monoisotopic (exact) mass is 193 g/mol. The minimum absolute atomic E-state index is 0.0836. The lowest BCUT2D eigenvalue weighted by molar-refractivity contribution is 0.282. The fourth-order valence-electron chi connectivity index (χ4n) is 1.94. The van der Waals surface area contributed by atoms with E-state index in [1.807, 2.05) is 12.1 Å². The third-order valence-electron chi connectivity index (χ3n) is 2.69. The first-order valence-electron chi connectivity index (χ1n) is 4.93. The SMILES string of the molecule is OCCN1CCc2ccc(CO)cc21. The van der Waals surface area contributed by atoms with Gasteiger partial charge in [-0.2, -0.15) is 0 Å². The number of aliphatic hydroxyl groups excluding tert-OH is 2. The zero-order valence-corrected chi connectivity index (χ0v) is 8.11. The van der Waals surface area contributed by atoms with Gasteiger partial charge in [-0.05, 0) is 23.6 Å². The maximum Gasteiger partial charge on any atom is 0.0682 e. The minimum atomic E-state index is 0.0836. The Kier molecular flexibility index (Phi) is 2.70. The standard InChI is InChI=1S/C11H15NO2/c13-6-5-12-4-3-10-2-1-9(8-14)7-11(10)12/h1-2,7,13-14H,3-6,8H2. The van der Waals surface area contributed by atoms with Gasteiger partial charge in [0.25, 0.3) is 0 Å². The zero-order chi connectivity index (χ0) is 9.97. The lowest BCUT2D eigenvalue weighted by Crippen LogP contribution is -2.24. The van der Waals surface area contributed by atoms with Crippen LogP contribution in [0.1, 0.15) is 11.1 Å². The van der Waals surface area contributed by atoms with Crippen LogP contribution in [-0.2, 0) is 13.0 Å². The van der Waals surface area contributed by atoms with Gasteiger partial charge in [-0.1, -0.05) is 12.1 Å². The summed E-state index contributed by atoms with van der Waals surface area (Å²) in [5.41, 5.74) is 3.43. The molecular formula is C11H15NO2.